The Hall–Kier alpha value is -2.63. The highest BCUT2D eigenvalue weighted by Crippen LogP contribution is 2.18. The summed E-state index contributed by atoms with van der Waals surface area (Å²) >= 11 is 0. The summed E-state index contributed by atoms with van der Waals surface area (Å²) < 4.78 is 0. The average molecular weight is 329 g/mol. The number of rotatable bonds is 5. The second kappa shape index (κ2) is 8.29. The Kier molecular flexibility index (Phi) is 6.12. The third kappa shape index (κ3) is 4.94. The molecule has 0 aromatic heterocycles. The topological polar surface area (TPSA) is 78.5 Å². The van der Waals surface area contributed by atoms with Gasteiger partial charge in [-0.05, 0) is 36.6 Å². The highest BCUT2D eigenvalue weighted by Gasteiger charge is 2.26. The predicted molar refractivity (Wildman–Crippen MR) is 92.1 cm³/mol. The monoisotopic (exact) mass is 329 g/mol. The molecule has 1 fully saturated rings. The lowest BCUT2D eigenvalue weighted by molar-refractivity contribution is -0.132. The molecule has 2 rings (SSSR count). The van der Waals surface area contributed by atoms with E-state index in [0.29, 0.717) is 38.2 Å². The van der Waals surface area contributed by atoms with Crippen molar-refractivity contribution in [2.75, 3.05) is 18.4 Å². The SMILES string of the molecule is C=CC(=O)N1CCC(C(=O)NCc2cccc(NC(C)=O)c2)CC1. The zero-order valence-corrected chi connectivity index (χ0v) is 13.9. The summed E-state index contributed by atoms with van der Waals surface area (Å²) in [5.74, 6) is -0.274. The van der Waals surface area contributed by atoms with Gasteiger partial charge in [0, 0.05) is 38.2 Å². The Morgan fingerprint density at radius 2 is 2.00 bits per heavy atom. The first kappa shape index (κ1) is 17.7. The first-order chi connectivity index (χ1) is 11.5. The van der Waals surface area contributed by atoms with E-state index in [1.54, 1.807) is 11.0 Å². The lowest BCUT2D eigenvalue weighted by atomic mass is 9.95. The van der Waals surface area contributed by atoms with E-state index in [4.69, 9.17) is 0 Å². The van der Waals surface area contributed by atoms with Crippen molar-refractivity contribution < 1.29 is 14.4 Å². The van der Waals surface area contributed by atoms with Gasteiger partial charge in [-0.2, -0.15) is 0 Å². The van der Waals surface area contributed by atoms with Crippen LogP contribution >= 0.6 is 0 Å². The minimum atomic E-state index is -0.128. The van der Waals surface area contributed by atoms with Gasteiger partial charge >= 0.3 is 0 Å². The molecule has 1 aliphatic rings. The summed E-state index contributed by atoms with van der Waals surface area (Å²) in [7, 11) is 0. The smallest absolute Gasteiger partial charge is 0.245 e. The van der Waals surface area contributed by atoms with E-state index < -0.39 is 0 Å². The van der Waals surface area contributed by atoms with Crippen LogP contribution in [0.1, 0.15) is 25.3 Å². The minimum Gasteiger partial charge on any atom is -0.352 e. The number of amides is 3. The maximum Gasteiger partial charge on any atom is 0.245 e. The van der Waals surface area contributed by atoms with E-state index in [-0.39, 0.29) is 23.6 Å². The molecular formula is C18H23N3O3. The molecule has 1 aromatic carbocycles. The lowest BCUT2D eigenvalue weighted by Gasteiger charge is -2.30. The Morgan fingerprint density at radius 3 is 2.62 bits per heavy atom. The van der Waals surface area contributed by atoms with Crippen LogP contribution < -0.4 is 10.6 Å². The molecule has 1 aliphatic heterocycles. The van der Waals surface area contributed by atoms with Gasteiger partial charge in [-0.3, -0.25) is 14.4 Å². The zero-order valence-electron chi connectivity index (χ0n) is 13.9. The van der Waals surface area contributed by atoms with Crippen LogP contribution in [0.3, 0.4) is 0 Å². The average Bonchev–Trinajstić information content (AvgIpc) is 2.59. The molecule has 0 radical (unpaired) electrons. The zero-order chi connectivity index (χ0) is 17.5. The molecule has 0 saturated carbocycles. The Labute approximate surface area is 141 Å². The molecule has 1 aromatic rings. The van der Waals surface area contributed by atoms with Crippen molar-refractivity contribution in [1.29, 1.82) is 0 Å². The molecule has 1 heterocycles. The summed E-state index contributed by atoms with van der Waals surface area (Å²) in [6.07, 6.45) is 2.64. The number of benzene rings is 1. The van der Waals surface area contributed by atoms with Gasteiger partial charge in [-0.25, -0.2) is 0 Å². The summed E-state index contributed by atoms with van der Waals surface area (Å²) in [5, 5.41) is 5.65. The fourth-order valence-electron chi connectivity index (χ4n) is 2.79. The summed E-state index contributed by atoms with van der Waals surface area (Å²) in [6.45, 7) is 6.52. The molecule has 0 atom stereocenters. The van der Waals surface area contributed by atoms with E-state index in [2.05, 4.69) is 17.2 Å². The van der Waals surface area contributed by atoms with E-state index in [1.807, 2.05) is 18.2 Å². The molecule has 24 heavy (non-hydrogen) atoms. The number of nitrogens with zero attached hydrogens (tertiary/aromatic N) is 1. The fraction of sp³-hybridized carbons (Fsp3) is 0.389. The van der Waals surface area contributed by atoms with Gasteiger partial charge in [0.25, 0.3) is 0 Å². The predicted octanol–water partition coefficient (Wildman–Crippen LogP) is 1.69. The Morgan fingerprint density at radius 1 is 1.29 bits per heavy atom. The quantitative estimate of drug-likeness (QED) is 0.807. The van der Waals surface area contributed by atoms with Gasteiger partial charge in [-0.1, -0.05) is 18.7 Å². The largest absolute Gasteiger partial charge is 0.352 e. The van der Waals surface area contributed by atoms with Gasteiger partial charge < -0.3 is 15.5 Å². The molecule has 0 spiro atoms. The fourth-order valence-corrected chi connectivity index (χ4v) is 2.79. The third-order valence-electron chi connectivity index (χ3n) is 4.07. The Bertz CT molecular complexity index is 634. The normalized spacial score (nSPS) is 14.8. The number of hydrogen-bond acceptors (Lipinski definition) is 3. The van der Waals surface area contributed by atoms with Crippen molar-refractivity contribution >= 4 is 23.4 Å². The van der Waals surface area contributed by atoms with Gasteiger partial charge in [0.2, 0.25) is 17.7 Å². The number of likely N-dealkylation sites (tertiary alicyclic amines) is 1. The third-order valence-corrected chi connectivity index (χ3v) is 4.07. The second-order valence-electron chi connectivity index (χ2n) is 5.90. The van der Waals surface area contributed by atoms with Gasteiger partial charge in [0.15, 0.2) is 0 Å². The molecule has 128 valence electrons. The molecule has 6 nitrogen and oxygen atoms in total. The molecule has 0 unspecified atom stereocenters. The van der Waals surface area contributed by atoms with Crippen LogP contribution in [0.5, 0.6) is 0 Å². The van der Waals surface area contributed by atoms with Gasteiger partial charge in [-0.15, -0.1) is 0 Å². The Balaban J connectivity index is 1.82. The summed E-state index contributed by atoms with van der Waals surface area (Å²) in [4.78, 5) is 36.6. The van der Waals surface area contributed by atoms with Crippen LogP contribution in [0.4, 0.5) is 5.69 Å². The van der Waals surface area contributed by atoms with Crippen LogP contribution in [0.15, 0.2) is 36.9 Å². The van der Waals surface area contributed by atoms with Crippen LogP contribution in [0.2, 0.25) is 0 Å². The van der Waals surface area contributed by atoms with E-state index >= 15 is 0 Å². The first-order valence-corrected chi connectivity index (χ1v) is 8.05. The molecule has 2 N–H and O–H groups in total. The maximum absolute atomic E-state index is 12.3. The molecule has 0 aliphatic carbocycles. The van der Waals surface area contributed by atoms with Crippen molar-refractivity contribution in [3.63, 3.8) is 0 Å². The van der Waals surface area contributed by atoms with Crippen molar-refractivity contribution in [3.8, 4) is 0 Å². The van der Waals surface area contributed by atoms with Crippen LogP contribution in [0, 0.1) is 5.92 Å². The summed E-state index contributed by atoms with van der Waals surface area (Å²) in [5.41, 5.74) is 1.64. The number of carbonyl (C=O) groups is 3. The minimum absolute atomic E-state index is 0.00521. The van der Waals surface area contributed by atoms with Crippen molar-refractivity contribution in [2.24, 2.45) is 5.92 Å². The molecule has 1 saturated heterocycles. The van der Waals surface area contributed by atoms with E-state index in [9.17, 15) is 14.4 Å². The molecule has 6 heteroatoms. The number of anilines is 1. The van der Waals surface area contributed by atoms with Crippen LogP contribution in [-0.4, -0.2) is 35.7 Å². The number of hydrogen-bond donors (Lipinski definition) is 2. The van der Waals surface area contributed by atoms with Crippen molar-refractivity contribution in [2.45, 2.75) is 26.3 Å². The highest BCUT2D eigenvalue weighted by atomic mass is 16.2. The van der Waals surface area contributed by atoms with Crippen LogP contribution in [-0.2, 0) is 20.9 Å². The number of carbonyl (C=O) groups excluding carboxylic acids is 3. The van der Waals surface area contributed by atoms with Gasteiger partial charge in [0.05, 0.1) is 0 Å². The molecule has 0 bridgehead atoms. The molecule has 3 amide bonds. The molecular weight excluding hydrogens is 306 g/mol. The number of piperidine rings is 1. The van der Waals surface area contributed by atoms with E-state index in [1.165, 1.54) is 13.0 Å². The van der Waals surface area contributed by atoms with Gasteiger partial charge in [0.1, 0.15) is 0 Å². The highest BCUT2D eigenvalue weighted by molar-refractivity contribution is 5.89. The van der Waals surface area contributed by atoms with Crippen LogP contribution in [0.25, 0.3) is 0 Å². The summed E-state index contributed by atoms with van der Waals surface area (Å²) in [6, 6.07) is 7.38. The second-order valence-corrected chi connectivity index (χ2v) is 5.90. The first-order valence-electron chi connectivity index (χ1n) is 8.05. The lowest BCUT2D eigenvalue weighted by Crippen LogP contribution is -2.42. The van der Waals surface area contributed by atoms with E-state index in [0.717, 1.165) is 5.56 Å². The number of nitrogens with one attached hydrogen (secondary N) is 2. The van der Waals surface area contributed by atoms with Crippen molar-refractivity contribution in [3.05, 3.63) is 42.5 Å². The van der Waals surface area contributed by atoms with Crippen molar-refractivity contribution in [1.82, 2.24) is 10.2 Å². The maximum atomic E-state index is 12.3. The standard InChI is InChI=1S/C18H23N3O3/c1-3-17(23)21-9-7-15(8-10-21)18(24)19-12-14-5-4-6-16(11-14)20-13(2)22/h3-6,11,15H,1,7-10,12H2,2H3,(H,19,24)(H,20,22).